The highest BCUT2D eigenvalue weighted by Gasteiger charge is 2.77. The molecular weight excluding hydrogens is 504 g/mol. The molecule has 2 bridgehead atoms. The van der Waals surface area contributed by atoms with Gasteiger partial charge in [0.2, 0.25) is 5.91 Å². The van der Waals surface area contributed by atoms with Gasteiger partial charge in [0.15, 0.2) is 0 Å². The van der Waals surface area contributed by atoms with Crippen LogP contribution >= 0.6 is 15.9 Å². The molecule has 3 fully saturated rings. The van der Waals surface area contributed by atoms with E-state index in [1.807, 2.05) is 32.0 Å². The van der Waals surface area contributed by atoms with Crippen molar-refractivity contribution in [2.75, 3.05) is 31.2 Å². The zero-order chi connectivity index (χ0) is 24.8. The van der Waals surface area contributed by atoms with E-state index < -0.39 is 35.6 Å². The molecule has 4 rings (SSSR count). The molecule has 1 spiro atoms. The van der Waals surface area contributed by atoms with Gasteiger partial charge in [0, 0.05) is 23.6 Å². The van der Waals surface area contributed by atoms with Crippen molar-refractivity contribution in [1.29, 1.82) is 0 Å². The van der Waals surface area contributed by atoms with Crippen LogP contribution in [0.4, 0.5) is 5.69 Å². The van der Waals surface area contributed by atoms with Gasteiger partial charge in [-0.25, -0.2) is 0 Å². The molecule has 8 nitrogen and oxygen atoms in total. The molecule has 6 atom stereocenters. The largest absolute Gasteiger partial charge is 0.466 e. The third-order valence-electron chi connectivity index (χ3n) is 7.21. The van der Waals surface area contributed by atoms with Crippen molar-refractivity contribution in [2.45, 2.75) is 49.8 Å². The molecule has 1 unspecified atom stereocenters. The van der Waals surface area contributed by atoms with E-state index in [9.17, 15) is 19.5 Å². The molecule has 0 saturated carbocycles. The average Bonchev–Trinajstić information content (AvgIpc) is 3.37. The first-order chi connectivity index (χ1) is 16.2. The number of amides is 2. The fraction of sp³-hybridized carbons (Fsp3) is 0.560. The van der Waals surface area contributed by atoms with Crippen molar-refractivity contribution in [3.63, 3.8) is 0 Å². The van der Waals surface area contributed by atoms with Crippen molar-refractivity contribution < 1.29 is 29.0 Å². The van der Waals surface area contributed by atoms with Gasteiger partial charge in [-0.05, 0) is 38.3 Å². The Bertz CT molecular complexity index is 995. The van der Waals surface area contributed by atoms with Crippen LogP contribution in [-0.2, 0) is 23.9 Å². The summed E-state index contributed by atoms with van der Waals surface area (Å²) >= 11 is 3.62. The number of carbonyl (C=O) groups excluding carboxylic acids is 3. The van der Waals surface area contributed by atoms with Gasteiger partial charge < -0.3 is 24.4 Å². The molecule has 0 aromatic heterocycles. The van der Waals surface area contributed by atoms with E-state index >= 15 is 0 Å². The van der Waals surface area contributed by atoms with Crippen LogP contribution in [0.2, 0.25) is 0 Å². The third kappa shape index (κ3) is 3.60. The monoisotopic (exact) mass is 534 g/mol. The SMILES string of the molecule is C=CCN(C(=O)[C@@H]1N(CCO)C(=O)[C@H]2[C@H](C(=O)OCC)[C@H]3O[C@@]12CC3Br)c1c(C)cccc1C. The smallest absolute Gasteiger partial charge is 0.312 e. The van der Waals surface area contributed by atoms with Crippen LogP contribution in [0.15, 0.2) is 30.9 Å². The number of benzene rings is 1. The Morgan fingerprint density at radius 3 is 2.65 bits per heavy atom. The summed E-state index contributed by atoms with van der Waals surface area (Å²) < 4.78 is 11.7. The minimum absolute atomic E-state index is 0.0291. The molecule has 0 aliphatic carbocycles. The topological polar surface area (TPSA) is 96.4 Å². The molecular formula is C25H31BrN2O6. The molecule has 9 heteroatoms. The van der Waals surface area contributed by atoms with Crippen LogP contribution in [0.25, 0.3) is 0 Å². The van der Waals surface area contributed by atoms with Crippen LogP contribution in [0, 0.1) is 25.7 Å². The highest BCUT2D eigenvalue weighted by Crippen LogP contribution is 2.60. The number of likely N-dealkylation sites (tertiary alicyclic amines) is 1. The van der Waals surface area contributed by atoms with Gasteiger partial charge in [-0.15, -0.1) is 6.58 Å². The summed E-state index contributed by atoms with van der Waals surface area (Å²) in [6.07, 6.45) is 1.48. The lowest BCUT2D eigenvalue weighted by Crippen LogP contribution is -2.57. The number of rotatable bonds is 8. The van der Waals surface area contributed by atoms with Gasteiger partial charge in [0.1, 0.15) is 11.6 Å². The lowest BCUT2D eigenvalue weighted by Gasteiger charge is -2.37. The Kier molecular flexibility index (Phi) is 6.90. The molecule has 3 heterocycles. The average molecular weight is 535 g/mol. The third-order valence-corrected chi connectivity index (χ3v) is 8.05. The van der Waals surface area contributed by atoms with Crippen molar-refractivity contribution in [2.24, 2.45) is 11.8 Å². The minimum atomic E-state index is -1.18. The number of aliphatic hydroxyl groups is 1. The van der Waals surface area contributed by atoms with E-state index in [-0.39, 0.29) is 42.9 Å². The number of aryl methyl sites for hydroxylation is 2. The number of fused-ring (bicyclic) bond motifs is 1. The van der Waals surface area contributed by atoms with Gasteiger partial charge in [-0.2, -0.15) is 0 Å². The van der Waals surface area contributed by atoms with E-state index in [0.29, 0.717) is 6.42 Å². The summed E-state index contributed by atoms with van der Waals surface area (Å²) in [5, 5.41) is 9.76. The van der Waals surface area contributed by atoms with E-state index in [2.05, 4.69) is 22.5 Å². The zero-order valence-electron chi connectivity index (χ0n) is 19.7. The first kappa shape index (κ1) is 24.9. The number of nitrogens with zero attached hydrogens (tertiary/aromatic N) is 2. The summed E-state index contributed by atoms with van der Waals surface area (Å²) in [7, 11) is 0. The number of esters is 1. The molecule has 1 N–H and O–H groups in total. The van der Waals surface area contributed by atoms with Crippen LogP contribution in [-0.4, -0.2) is 76.7 Å². The number of hydrogen-bond donors (Lipinski definition) is 1. The number of β-amino-alcohol motifs (C(OH)–C–C–N with tert-alkyl or cyclic N) is 1. The fourth-order valence-corrected chi connectivity index (χ4v) is 7.01. The molecule has 184 valence electrons. The summed E-state index contributed by atoms with van der Waals surface area (Å²) in [5.74, 6) is -2.81. The summed E-state index contributed by atoms with van der Waals surface area (Å²) in [6, 6.07) is 4.81. The van der Waals surface area contributed by atoms with Gasteiger partial charge >= 0.3 is 5.97 Å². The maximum Gasteiger partial charge on any atom is 0.312 e. The number of para-hydroxylation sites is 1. The number of anilines is 1. The number of alkyl halides is 1. The second-order valence-corrected chi connectivity index (χ2v) is 10.3. The fourth-order valence-electron chi connectivity index (χ4n) is 6.06. The van der Waals surface area contributed by atoms with Crippen molar-refractivity contribution in [3.05, 3.63) is 42.0 Å². The normalized spacial score (nSPS) is 31.5. The number of ether oxygens (including phenoxy) is 2. The second-order valence-electron chi connectivity index (χ2n) is 9.15. The van der Waals surface area contributed by atoms with Crippen LogP contribution in [0.5, 0.6) is 0 Å². The van der Waals surface area contributed by atoms with Crippen LogP contribution in [0.3, 0.4) is 0 Å². The predicted octanol–water partition coefficient (Wildman–Crippen LogP) is 2.13. The van der Waals surface area contributed by atoms with Gasteiger partial charge in [0.25, 0.3) is 5.91 Å². The summed E-state index contributed by atoms with van der Waals surface area (Å²) in [5.41, 5.74) is 1.41. The minimum Gasteiger partial charge on any atom is -0.466 e. The standard InChI is InChI=1S/C25H31BrN2O6/c1-5-10-27(19-14(3)8-7-9-15(19)4)23(31)21-25-13-16(26)20(34-25)17(24(32)33-6-2)18(25)22(30)28(21)11-12-29/h5,7-9,16-18,20-21,29H,1,6,10-13H2,2-4H3/t16?,17-,18+,20-,21-,25+/m0/s1. The van der Waals surface area contributed by atoms with Crippen LogP contribution < -0.4 is 4.90 Å². The Hall–Kier alpha value is -2.23. The van der Waals surface area contributed by atoms with Gasteiger partial charge in [0.05, 0.1) is 31.2 Å². The quantitative estimate of drug-likeness (QED) is 0.311. The Balaban J connectivity index is 1.82. The van der Waals surface area contributed by atoms with Crippen molar-refractivity contribution in [3.8, 4) is 0 Å². The molecule has 34 heavy (non-hydrogen) atoms. The Morgan fingerprint density at radius 1 is 1.38 bits per heavy atom. The van der Waals surface area contributed by atoms with E-state index in [4.69, 9.17) is 9.47 Å². The van der Waals surface area contributed by atoms with Crippen molar-refractivity contribution in [1.82, 2.24) is 4.90 Å². The number of carbonyl (C=O) groups is 3. The summed E-state index contributed by atoms with van der Waals surface area (Å²) in [4.78, 5) is 43.7. The molecule has 1 aromatic carbocycles. The lowest BCUT2D eigenvalue weighted by atomic mass is 9.70. The zero-order valence-corrected chi connectivity index (χ0v) is 21.3. The second kappa shape index (κ2) is 9.43. The molecule has 3 saturated heterocycles. The number of hydrogen-bond acceptors (Lipinski definition) is 6. The first-order valence-corrected chi connectivity index (χ1v) is 12.5. The van der Waals surface area contributed by atoms with Gasteiger partial charge in [-0.3, -0.25) is 14.4 Å². The van der Waals surface area contributed by atoms with E-state index in [1.54, 1.807) is 17.9 Å². The predicted molar refractivity (Wildman–Crippen MR) is 130 cm³/mol. The molecule has 3 aliphatic heterocycles. The first-order valence-electron chi connectivity index (χ1n) is 11.6. The highest BCUT2D eigenvalue weighted by molar-refractivity contribution is 9.09. The molecule has 1 aromatic rings. The van der Waals surface area contributed by atoms with E-state index in [0.717, 1.165) is 16.8 Å². The molecule has 0 radical (unpaired) electrons. The molecule has 2 amide bonds. The Labute approximate surface area is 208 Å². The maximum atomic E-state index is 14.3. The summed E-state index contributed by atoms with van der Waals surface area (Å²) in [6.45, 7) is 9.49. The lowest BCUT2D eigenvalue weighted by molar-refractivity contribution is -0.154. The van der Waals surface area contributed by atoms with E-state index in [1.165, 1.54) is 4.90 Å². The van der Waals surface area contributed by atoms with Crippen LogP contribution in [0.1, 0.15) is 24.5 Å². The Morgan fingerprint density at radius 2 is 2.06 bits per heavy atom. The highest BCUT2D eigenvalue weighted by atomic mass is 79.9. The van der Waals surface area contributed by atoms with Gasteiger partial charge in [-0.1, -0.05) is 40.2 Å². The number of halogens is 1. The molecule has 3 aliphatic rings. The van der Waals surface area contributed by atoms with Crippen molar-refractivity contribution >= 4 is 39.4 Å². The number of aliphatic hydroxyl groups excluding tert-OH is 1. The maximum absolute atomic E-state index is 14.3.